The van der Waals surface area contributed by atoms with Gasteiger partial charge >= 0.3 is 6.18 Å². The lowest BCUT2D eigenvalue weighted by atomic mass is 10.5. The normalized spacial score (nSPS) is 12.0. The van der Waals surface area contributed by atoms with Crippen LogP contribution in [0, 0.1) is 0 Å². The molecule has 0 radical (unpaired) electrons. The SMILES string of the molecule is FC(F)(F)c1cc(Cl)ns1. The summed E-state index contributed by atoms with van der Waals surface area (Å²) in [5.74, 6) is 0. The third kappa shape index (κ3) is 1.60. The van der Waals surface area contributed by atoms with Crippen molar-refractivity contribution in [3.63, 3.8) is 0 Å². The Kier molecular flexibility index (Phi) is 1.87. The average molecular weight is 188 g/mol. The van der Waals surface area contributed by atoms with E-state index in [0.29, 0.717) is 11.5 Å². The average Bonchev–Trinajstić information content (AvgIpc) is 2.11. The second-order valence-electron chi connectivity index (χ2n) is 1.51. The van der Waals surface area contributed by atoms with Crippen molar-refractivity contribution in [3.8, 4) is 0 Å². The lowest BCUT2D eigenvalue weighted by Gasteiger charge is -1.98. The van der Waals surface area contributed by atoms with Crippen molar-refractivity contribution in [3.05, 3.63) is 16.1 Å². The van der Waals surface area contributed by atoms with Gasteiger partial charge in [0, 0.05) is 6.07 Å². The Morgan fingerprint density at radius 2 is 2.10 bits per heavy atom. The van der Waals surface area contributed by atoms with Crippen LogP contribution in [0.2, 0.25) is 5.15 Å². The summed E-state index contributed by atoms with van der Waals surface area (Å²) in [6.45, 7) is 0. The first-order valence-electron chi connectivity index (χ1n) is 2.19. The topological polar surface area (TPSA) is 12.9 Å². The van der Waals surface area contributed by atoms with Gasteiger partial charge in [-0.2, -0.15) is 17.5 Å². The van der Waals surface area contributed by atoms with Crippen molar-refractivity contribution in [2.24, 2.45) is 0 Å². The van der Waals surface area contributed by atoms with E-state index in [0.717, 1.165) is 6.07 Å². The van der Waals surface area contributed by atoms with E-state index >= 15 is 0 Å². The molecule has 0 aliphatic rings. The van der Waals surface area contributed by atoms with Crippen molar-refractivity contribution in [2.75, 3.05) is 0 Å². The smallest absolute Gasteiger partial charge is 0.180 e. The molecule has 6 heteroatoms. The first-order chi connectivity index (χ1) is 4.50. The number of hydrogen-bond acceptors (Lipinski definition) is 2. The molecule has 56 valence electrons. The molecule has 0 aliphatic heterocycles. The molecule has 0 bridgehead atoms. The van der Waals surface area contributed by atoms with Crippen LogP contribution in [0.1, 0.15) is 4.88 Å². The van der Waals surface area contributed by atoms with Gasteiger partial charge in [-0.05, 0) is 11.5 Å². The zero-order valence-corrected chi connectivity index (χ0v) is 6.02. The van der Waals surface area contributed by atoms with Gasteiger partial charge in [-0.25, -0.2) is 0 Å². The van der Waals surface area contributed by atoms with Gasteiger partial charge in [-0.15, -0.1) is 0 Å². The minimum Gasteiger partial charge on any atom is -0.180 e. The summed E-state index contributed by atoms with van der Waals surface area (Å²) in [7, 11) is 0. The molecule has 1 rings (SSSR count). The Morgan fingerprint density at radius 3 is 2.30 bits per heavy atom. The van der Waals surface area contributed by atoms with Crippen LogP contribution in [0.3, 0.4) is 0 Å². The van der Waals surface area contributed by atoms with Crippen LogP contribution in [-0.2, 0) is 6.18 Å². The van der Waals surface area contributed by atoms with Gasteiger partial charge in [-0.3, -0.25) is 0 Å². The Labute approximate surface area is 63.6 Å². The minimum absolute atomic E-state index is 0.114. The molecule has 0 saturated carbocycles. The molecule has 0 N–H and O–H groups in total. The lowest BCUT2D eigenvalue weighted by molar-refractivity contribution is -0.134. The molecule has 10 heavy (non-hydrogen) atoms. The molecule has 0 saturated heterocycles. The molecular formula is C4HClF3NS. The predicted octanol–water partition coefficient (Wildman–Crippen LogP) is 2.82. The summed E-state index contributed by atoms with van der Waals surface area (Å²) < 4.78 is 38.4. The van der Waals surface area contributed by atoms with Crippen LogP contribution in [0.4, 0.5) is 13.2 Å². The molecule has 1 aromatic rings. The molecule has 1 nitrogen and oxygen atoms in total. The molecular weight excluding hydrogens is 187 g/mol. The Hall–Kier alpha value is -0.290. The second-order valence-corrected chi connectivity index (χ2v) is 2.70. The lowest BCUT2D eigenvalue weighted by Crippen LogP contribution is -2.00. The highest BCUT2D eigenvalue weighted by atomic mass is 35.5. The summed E-state index contributed by atoms with van der Waals surface area (Å²) in [4.78, 5) is -0.766. The van der Waals surface area contributed by atoms with Gasteiger partial charge in [0.05, 0.1) is 0 Å². The first kappa shape index (κ1) is 7.81. The fourth-order valence-corrected chi connectivity index (χ4v) is 1.17. The zero-order chi connectivity index (χ0) is 7.78. The standard InChI is InChI=1S/C4HClF3NS/c5-3-1-2(10-9-3)4(6,7)8/h1H. The third-order valence-corrected chi connectivity index (χ3v) is 1.89. The van der Waals surface area contributed by atoms with E-state index in [4.69, 9.17) is 11.6 Å². The van der Waals surface area contributed by atoms with E-state index in [1.54, 1.807) is 0 Å². The van der Waals surface area contributed by atoms with Gasteiger partial charge in [0.25, 0.3) is 0 Å². The maximum Gasteiger partial charge on any atom is 0.427 e. The maximum absolute atomic E-state index is 11.7. The first-order valence-corrected chi connectivity index (χ1v) is 3.34. The highest BCUT2D eigenvalue weighted by molar-refractivity contribution is 7.06. The van der Waals surface area contributed by atoms with Crippen LogP contribution in [0.25, 0.3) is 0 Å². The van der Waals surface area contributed by atoms with Crippen LogP contribution >= 0.6 is 23.1 Å². The van der Waals surface area contributed by atoms with Gasteiger partial charge in [0.2, 0.25) is 0 Å². The van der Waals surface area contributed by atoms with E-state index in [-0.39, 0.29) is 5.15 Å². The number of aromatic nitrogens is 1. The quantitative estimate of drug-likeness (QED) is 0.609. The zero-order valence-electron chi connectivity index (χ0n) is 4.44. The van der Waals surface area contributed by atoms with Crippen LogP contribution < -0.4 is 0 Å². The Balaban J connectivity index is 2.96. The molecule has 0 fully saturated rings. The van der Waals surface area contributed by atoms with Gasteiger partial charge in [0.1, 0.15) is 10.0 Å². The van der Waals surface area contributed by atoms with Crippen LogP contribution in [0.15, 0.2) is 6.07 Å². The largest absolute Gasteiger partial charge is 0.427 e. The highest BCUT2D eigenvalue weighted by Crippen LogP contribution is 2.33. The monoisotopic (exact) mass is 187 g/mol. The molecule has 0 atom stereocenters. The molecule has 1 aromatic heterocycles. The van der Waals surface area contributed by atoms with E-state index in [1.807, 2.05) is 0 Å². The molecule has 0 aliphatic carbocycles. The number of hydrogen-bond donors (Lipinski definition) is 0. The van der Waals surface area contributed by atoms with E-state index in [2.05, 4.69) is 4.37 Å². The van der Waals surface area contributed by atoms with Crippen LogP contribution in [0.5, 0.6) is 0 Å². The summed E-state index contributed by atoms with van der Waals surface area (Å²) >= 11 is 5.52. The summed E-state index contributed by atoms with van der Waals surface area (Å²) in [5.41, 5.74) is 0. The van der Waals surface area contributed by atoms with Gasteiger partial charge in [0.15, 0.2) is 0 Å². The molecule has 0 amide bonds. The van der Waals surface area contributed by atoms with Crippen molar-refractivity contribution < 1.29 is 13.2 Å². The van der Waals surface area contributed by atoms with E-state index in [1.165, 1.54) is 0 Å². The second kappa shape index (κ2) is 2.39. The van der Waals surface area contributed by atoms with E-state index in [9.17, 15) is 13.2 Å². The maximum atomic E-state index is 11.7. The minimum atomic E-state index is -4.31. The number of rotatable bonds is 0. The molecule has 0 spiro atoms. The fourth-order valence-electron chi connectivity index (χ4n) is 0.387. The van der Waals surface area contributed by atoms with E-state index < -0.39 is 11.1 Å². The Bertz CT molecular complexity index is 231. The molecule has 0 aromatic carbocycles. The summed E-state index contributed by atoms with van der Waals surface area (Å²) in [6, 6.07) is 0.798. The summed E-state index contributed by atoms with van der Waals surface area (Å²) in [6.07, 6.45) is -4.31. The van der Waals surface area contributed by atoms with Crippen molar-refractivity contribution >= 4 is 23.1 Å². The fraction of sp³-hybridized carbons (Fsp3) is 0.250. The molecule has 0 unspecified atom stereocenters. The number of halogens is 4. The van der Waals surface area contributed by atoms with Crippen molar-refractivity contribution in [1.82, 2.24) is 4.37 Å². The van der Waals surface area contributed by atoms with Gasteiger partial charge in [-0.1, -0.05) is 11.6 Å². The highest BCUT2D eigenvalue weighted by Gasteiger charge is 2.33. The number of alkyl halides is 3. The Morgan fingerprint density at radius 1 is 1.50 bits per heavy atom. The van der Waals surface area contributed by atoms with Crippen molar-refractivity contribution in [1.29, 1.82) is 0 Å². The van der Waals surface area contributed by atoms with Crippen LogP contribution in [-0.4, -0.2) is 4.37 Å². The van der Waals surface area contributed by atoms with Gasteiger partial charge < -0.3 is 0 Å². The molecule has 1 heterocycles. The third-order valence-electron chi connectivity index (χ3n) is 0.761. The number of nitrogens with zero attached hydrogens (tertiary/aromatic N) is 1. The predicted molar refractivity (Wildman–Crippen MR) is 32.1 cm³/mol. The van der Waals surface area contributed by atoms with Crippen molar-refractivity contribution in [2.45, 2.75) is 6.18 Å². The summed E-state index contributed by atoms with van der Waals surface area (Å²) in [5, 5.41) is -0.114.